The van der Waals surface area contributed by atoms with E-state index in [4.69, 9.17) is 5.73 Å². The van der Waals surface area contributed by atoms with Gasteiger partial charge in [-0.25, -0.2) is 0 Å². The van der Waals surface area contributed by atoms with Gasteiger partial charge < -0.3 is 11.1 Å². The van der Waals surface area contributed by atoms with Crippen molar-refractivity contribution < 1.29 is 9.72 Å². The Morgan fingerprint density at radius 2 is 1.63 bits per heavy atom. The van der Waals surface area contributed by atoms with E-state index >= 15 is 0 Å². The van der Waals surface area contributed by atoms with E-state index in [-0.39, 0.29) is 11.5 Å². The van der Waals surface area contributed by atoms with Crippen LogP contribution in [-0.4, -0.2) is 22.8 Å². The van der Waals surface area contributed by atoms with E-state index in [0.717, 1.165) is 25.7 Å². The Labute approximate surface area is 162 Å². The largest absolute Gasteiger partial charge is 0.377 e. The number of rotatable bonds is 4. The third kappa shape index (κ3) is 6.31. The number of anilines is 1. The number of hydrogen-bond acceptors (Lipinski definition) is 5. The standard InChI is InChI=1S/C15H20N2O3.C6H13N/c1-10-13(11(2)18)8-9-14(15(10)17(19)20)16-12-6-4-3-5-7-12;7-6-4-2-1-3-5-6/h8-9,12,16H,3-7H2,1-2H3;6H,1-5,7H2. The zero-order chi connectivity index (χ0) is 19.8. The second-order valence-corrected chi connectivity index (χ2v) is 7.82. The maximum absolute atomic E-state index is 11.5. The van der Waals surface area contributed by atoms with E-state index in [1.807, 2.05) is 0 Å². The number of nitrogens with one attached hydrogen (secondary N) is 1. The van der Waals surface area contributed by atoms with Crippen LogP contribution in [-0.2, 0) is 0 Å². The van der Waals surface area contributed by atoms with E-state index in [0.29, 0.717) is 28.9 Å². The number of benzene rings is 1. The van der Waals surface area contributed by atoms with E-state index in [1.165, 1.54) is 45.4 Å². The summed E-state index contributed by atoms with van der Waals surface area (Å²) in [5.74, 6) is -0.144. The van der Waals surface area contributed by atoms with Crippen LogP contribution in [0.4, 0.5) is 11.4 Å². The number of Topliss-reactive ketones (excluding diaryl/α,β-unsaturated/α-hetero) is 1. The summed E-state index contributed by atoms with van der Waals surface area (Å²) in [4.78, 5) is 22.4. The number of carbonyl (C=O) groups excluding carboxylic acids is 1. The van der Waals surface area contributed by atoms with Crippen LogP contribution in [0.5, 0.6) is 0 Å². The molecule has 0 radical (unpaired) electrons. The van der Waals surface area contributed by atoms with Crippen molar-refractivity contribution in [2.24, 2.45) is 5.73 Å². The summed E-state index contributed by atoms with van der Waals surface area (Å²) < 4.78 is 0. The minimum atomic E-state index is -0.396. The molecule has 0 spiro atoms. The Morgan fingerprint density at radius 3 is 2.07 bits per heavy atom. The predicted molar refractivity (Wildman–Crippen MR) is 109 cm³/mol. The van der Waals surface area contributed by atoms with Crippen molar-refractivity contribution in [1.29, 1.82) is 0 Å². The minimum absolute atomic E-state index is 0.0308. The molecule has 1 aromatic carbocycles. The maximum atomic E-state index is 11.5. The summed E-state index contributed by atoms with van der Waals surface area (Å²) in [5.41, 5.74) is 7.07. The lowest BCUT2D eigenvalue weighted by atomic mass is 9.94. The van der Waals surface area contributed by atoms with Gasteiger partial charge in [0.15, 0.2) is 5.78 Å². The Kier molecular flexibility index (Phi) is 8.23. The molecular weight excluding hydrogens is 342 g/mol. The van der Waals surface area contributed by atoms with E-state index in [1.54, 1.807) is 19.1 Å². The lowest BCUT2D eigenvalue weighted by Gasteiger charge is -2.24. The SMILES string of the molecule is CC(=O)c1ccc(NC2CCCCC2)c([N+](=O)[O-])c1C.NC1CCCCC1. The molecule has 2 aliphatic carbocycles. The van der Waals surface area contributed by atoms with E-state index < -0.39 is 4.92 Å². The molecule has 150 valence electrons. The maximum Gasteiger partial charge on any atom is 0.295 e. The lowest BCUT2D eigenvalue weighted by Crippen LogP contribution is -2.23. The lowest BCUT2D eigenvalue weighted by molar-refractivity contribution is -0.384. The van der Waals surface area contributed by atoms with Crippen LogP contribution in [0.2, 0.25) is 0 Å². The first-order valence-electron chi connectivity index (χ1n) is 10.2. The predicted octanol–water partition coefficient (Wildman–Crippen LogP) is 5.13. The molecule has 1 aromatic rings. The second-order valence-electron chi connectivity index (χ2n) is 7.82. The first-order valence-corrected chi connectivity index (χ1v) is 10.2. The highest BCUT2D eigenvalue weighted by Gasteiger charge is 2.24. The van der Waals surface area contributed by atoms with Crippen LogP contribution >= 0.6 is 0 Å². The third-order valence-electron chi connectivity index (χ3n) is 5.61. The van der Waals surface area contributed by atoms with Crippen LogP contribution in [0.15, 0.2) is 12.1 Å². The van der Waals surface area contributed by atoms with Gasteiger partial charge in [0, 0.05) is 23.2 Å². The molecule has 0 bridgehead atoms. The summed E-state index contributed by atoms with van der Waals surface area (Å²) in [5, 5.41) is 14.6. The number of ketones is 1. The Morgan fingerprint density at radius 1 is 1.07 bits per heavy atom. The minimum Gasteiger partial charge on any atom is -0.377 e. The fourth-order valence-corrected chi connectivity index (χ4v) is 4.03. The van der Waals surface area contributed by atoms with Gasteiger partial charge >= 0.3 is 0 Å². The van der Waals surface area contributed by atoms with Crippen molar-refractivity contribution in [2.45, 2.75) is 90.1 Å². The first-order chi connectivity index (χ1) is 12.9. The molecule has 6 nitrogen and oxygen atoms in total. The average molecular weight is 376 g/mol. The van der Waals surface area contributed by atoms with Crippen molar-refractivity contribution >= 4 is 17.2 Å². The summed E-state index contributed by atoms with van der Waals surface area (Å²) in [6.45, 7) is 3.07. The van der Waals surface area contributed by atoms with Crippen LogP contribution < -0.4 is 11.1 Å². The topological polar surface area (TPSA) is 98.3 Å². The monoisotopic (exact) mass is 375 g/mol. The molecule has 2 fully saturated rings. The molecule has 2 aliphatic rings. The van der Waals surface area contributed by atoms with Gasteiger partial charge in [0.25, 0.3) is 5.69 Å². The van der Waals surface area contributed by atoms with Crippen molar-refractivity contribution in [3.05, 3.63) is 33.4 Å². The average Bonchev–Trinajstić information content (AvgIpc) is 2.63. The highest BCUT2D eigenvalue weighted by molar-refractivity contribution is 5.97. The fraction of sp³-hybridized carbons (Fsp3) is 0.667. The number of nitro benzene ring substituents is 1. The smallest absolute Gasteiger partial charge is 0.295 e. The number of carbonyl (C=O) groups is 1. The highest BCUT2D eigenvalue weighted by atomic mass is 16.6. The number of nitro groups is 1. The van der Waals surface area contributed by atoms with Gasteiger partial charge in [0.2, 0.25) is 0 Å². The van der Waals surface area contributed by atoms with Gasteiger partial charge in [-0.1, -0.05) is 38.5 Å². The Bertz CT molecular complexity index is 648. The fourth-order valence-electron chi connectivity index (χ4n) is 4.03. The summed E-state index contributed by atoms with van der Waals surface area (Å²) in [6.07, 6.45) is 12.3. The van der Waals surface area contributed by atoms with Crippen molar-refractivity contribution in [3.63, 3.8) is 0 Å². The normalized spacial score (nSPS) is 18.3. The molecule has 0 atom stereocenters. The molecular formula is C21H33N3O3. The van der Waals surface area contributed by atoms with E-state index in [2.05, 4.69) is 5.32 Å². The highest BCUT2D eigenvalue weighted by Crippen LogP contribution is 2.33. The molecule has 2 saturated carbocycles. The van der Waals surface area contributed by atoms with Crippen molar-refractivity contribution in [1.82, 2.24) is 0 Å². The van der Waals surface area contributed by atoms with Gasteiger partial charge in [-0.15, -0.1) is 0 Å². The number of nitrogens with zero attached hydrogens (tertiary/aromatic N) is 1. The molecule has 0 aliphatic heterocycles. The van der Waals surface area contributed by atoms with Crippen LogP contribution in [0.3, 0.4) is 0 Å². The summed E-state index contributed by atoms with van der Waals surface area (Å²) in [6, 6.07) is 4.17. The van der Waals surface area contributed by atoms with Gasteiger partial charge in [0.05, 0.1) is 4.92 Å². The third-order valence-corrected chi connectivity index (χ3v) is 5.61. The summed E-state index contributed by atoms with van der Waals surface area (Å²) in [7, 11) is 0. The van der Waals surface area contributed by atoms with Crippen LogP contribution in [0, 0.1) is 17.0 Å². The van der Waals surface area contributed by atoms with Crippen molar-refractivity contribution in [3.8, 4) is 0 Å². The van der Waals surface area contributed by atoms with Gasteiger partial charge in [-0.2, -0.15) is 0 Å². The van der Waals surface area contributed by atoms with Gasteiger partial charge in [-0.05, 0) is 51.7 Å². The van der Waals surface area contributed by atoms with Gasteiger partial charge in [-0.3, -0.25) is 14.9 Å². The summed E-state index contributed by atoms with van der Waals surface area (Å²) >= 11 is 0. The number of hydrogen-bond donors (Lipinski definition) is 2. The van der Waals surface area contributed by atoms with Gasteiger partial charge in [0.1, 0.15) is 5.69 Å². The molecule has 0 aromatic heterocycles. The molecule has 0 amide bonds. The molecule has 27 heavy (non-hydrogen) atoms. The van der Waals surface area contributed by atoms with Crippen LogP contribution in [0.25, 0.3) is 0 Å². The Balaban J connectivity index is 0.000000313. The molecule has 0 saturated heterocycles. The Hall–Kier alpha value is -1.95. The molecule has 0 heterocycles. The van der Waals surface area contributed by atoms with Crippen LogP contribution in [0.1, 0.15) is 87.1 Å². The molecule has 3 N–H and O–H groups in total. The molecule has 6 heteroatoms. The van der Waals surface area contributed by atoms with Crippen molar-refractivity contribution in [2.75, 3.05) is 5.32 Å². The first kappa shape index (κ1) is 21.4. The van der Waals surface area contributed by atoms with E-state index in [9.17, 15) is 14.9 Å². The molecule has 0 unspecified atom stereocenters. The number of nitrogens with two attached hydrogens (primary N) is 1. The quantitative estimate of drug-likeness (QED) is 0.432. The zero-order valence-electron chi connectivity index (χ0n) is 16.6. The second kappa shape index (κ2) is 10.4. The zero-order valence-corrected chi connectivity index (χ0v) is 16.6. The molecule has 3 rings (SSSR count).